The summed E-state index contributed by atoms with van der Waals surface area (Å²) in [6.07, 6.45) is 0. The van der Waals surface area contributed by atoms with E-state index in [4.69, 9.17) is 9.26 Å². The Balaban J connectivity index is 1.76. The second-order valence-electron chi connectivity index (χ2n) is 6.07. The molecule has 0 aliphatic heterocycles. The first kappa shape index (κ1) is 16.2. The molecule has 7 nitrogen and oxygen atoms in total. The van der Waals surface area contributed by atoms with E-state index < -0.39 is 5.82 Å². The first-order chi connectivity index (χ1) is 12.6. The second kappa shape index (κ2) is 6.21. The fraction of sp³-hybridized carbons (Fsp3) is 0.222. The first-order valence-electron chi connectivity index (χ1n) is 8.10. The highest BCUT2D eigenvalue weighted by Gasteiger charge is 2.19. The summed E-state index contributed by atoms with van der Waals surface area (Å²) < 4.78 is 26.6. The van der Waals surface area contributed by atoms with Gasteiger partial charge in [-0.15, -0.1) is 5.10 Å². The Morgan fingerprint density at radius 2 is 2.04 bits per heavy atom. The van der Waals surface area contributed by atoms with Gasteiger partial charge in [-0.25, -0.2) is 9.07 Å². The molecule has 0 radical (unpaired) electrons. The fourth-order valence-corrected chi connectivity index (χ4v) is 2.79. The summed E-state index contributed by atoms with van der Waals surface area (Å²) >= 11 is 0. The topological polar surface area (TPSA) is 78.9 Å². The average Bonchev–Trinajstić information content (AvgIpc) is 3.27. The smallest absolute Gasteiger partial charge is 0.258 e. The van der Waals surface area contributed by atoms with Crippen LogP contribution in [0.3, 0.4) is 0 Å². The third kappa shape index (κ3) is 2.59. The summed E-state index contributed by atoms with van der Waals surface area (Å²) in [5, 5.41) is 12.2. The Morgan fingerprint density at radius 1 is 1.19 bits per heavy atom. The highest BCUT2D eigenvalue weighted by molar-refractivity contribution is 5.80. The zero-order chi connectivity index (χ0) is 18.3. The number of hydrogen-bond donors (Lipinski definition) is 0. The molecule has 0 amide bonds. The fourth-order valence-electron chi connectivity index (χ4n) is 2.79. The quantitative estimate of drug-likeness (QED) is 0.554. The Labute approximate surface area is 148 Å². The van der Waals surface area contributed by atoms with Crippen LogP contribution in [0, 0.1) is 5.82 Å². The van der Waals surface area contributed by atoms with Crippen LogP contribution in [0.25, 0.3) is 33.9 Å². The minimum Gasteiger partial charge on any atom is -0.496 e. The van der Waals surface area contributed by atoms with Crippen LogP contribution in [0.1, 0.15) is 19.9 Å². The van der Waals surface area contributed by atoms with Crippen molar-refractivity contribution in [3.8, 4) is 28.6 Å². The predicted molar refractivity (Wildman–Crippen MR) is 93.2 cm³/mol. The molecular formula is C18H16FN5O2. The van der Waals surface area contributed by atoms with Crippen LogP contribution in [0.4, 0.5) is 4.39 Å². The molecule has 0 unspecified atom stereocenters. The van der Waals surface area contributed by atoms with Gasteiger partial charge in [0, 0.05) is 11.6 Å². The molecule has 0 aliphatic carbocycles. The molecule has 0 aliphatic rings. The molecule has 132 valence electrons. The number of nitrogens with zero attached hydrogens (tertiary/aromatic N) is 5. The Hall–Kier alpha value is -3.29. The minimum atomic E-state index is -0.480. The van der Waals surface area contributed by atoms with Crippen molar-refractivity contribution in [2.75, 3.05) is 7.11 Å². The van der Waals surface area contributed by atoms with Crippen molar-refractivity contribution >= 4 is 11.0 Å². The highest BCUT2D eigenvalue weighted by Crippen LogP contribution is 2.32. The van der Waals surface area contributed by atoms with Gasteiger partial charge < -0.3 is 9.26 Å². The first-order valence-corrected chi connectivity index (χ1v) is 8.10. The summed E-state index contributed by atoms with van der Waals surface area (Å²) in [6, 6.07) is 10.3. The SMILES string of the molecule is COc1cccc(F)c1-c1noc(-c2ccc3c(c2)nnn3C(C)C)n1. The van der Waals surface area contributed by atoms with Gasteiger partial charge in [0.1, 0.15) is 22.6 Å². The summed E-state index contributed by atoms with van der Waals surface area (Å²) in [7, 11) is 1.46. The number of hydrogen-bond acceptors (Lipinski definition) is 6. The van der Waals surface area contributed by atoms with Crippen molar-refractivity contribution in [3.63, 3.8) is 0 Å². The molecule has 2 heterocycles. The van der Waals surface area contributed by atoms with E-state index in [0.29, 0.717) is 11.3 Å². The van der Waals surface area contributed by atoms with Crippen molar-refractivity contribution in [2.24, 2.45) is 0 Å². The van der Waals surface area contributed by atoms with E-state index in [1.54, 1.807) is 12.1 Å². The number of halogens is 1. The molecule has 8 heteroatoms. The lowest BCUT2D eigenvalue weighted by Gasteiger charge is -2.05. The van der Waals surface area contributed by atoms with Gasteiger partial charge in [0.05, 0.1) is 12.6 Å². The molecule has 26 heavy (non-hydrogen) atoms. The lowest BCUT2D eigenvalue weighted by molar-refractivity contribution is 0.410. The zero-order valence-electron chi connectivity index (χ0n) is 14.5. The Kier molecular flexibility index (Phi) is 3.87. The Morgan fingerprint density at radius 3 is 2.81 bits per heavy atom. The molecule has 0 N–H and O–H groups in total. The minimum absolute atomic E-state index is 0.126. The van der Waals surface area contributed by atoms with E-state index in [0.717, 1.165) is 11.0 Å². The molecule has 2 aromatic heterocycles. The van der Waals surface area contributed by atoms with Gasteiger partial charge >= 0.3 is 0 Å². The van der Waals surface area contributed by atoms with Crippen LogP contribution in [0.15, 0.2) is 40.9 Å². The maximum absolute atomic E-state index is 14.2. The Bertz CT molecular complexity index is 1090. The summed E-state index contributed by atoms with van der Waals surface area (Å²) in [5.41, 5.74) is 2.48. The lowest BCUT2D eigenvalue weighted by atomic mass is 10.1. The van der Waals surface area contributed by atoms with Gasteiger partial charge in [-0.05, 0) is 44.2 Å². The van der Waals surface area contributed by atoms with E-state index in [9.17, 15) is 4.39 Å². The van der Waals surface area contributed by atoms with Crippen LogP contribution >= 0.6 is 0 Å². The molecule has 0 fully saturated rings. The molecule has 2 aromatic carbocycles. The van der Waals surface area contributed by atoms with Crippen molar-refractivity contribution < 1.29 is 13.7 Å². The van der Waals surface area contributed by atoms with Gasteiger partial charge in [-0.2, -0.15) is 4.98 Å². The number of ether oxygens (including phenoxy) is 1. The number of fused-ring (bicyclic) bond motifs is 1. The van der Waals surface area contributed by atoms with Crippen LogP contribution in [-0.4, -0.2) is 32.2 Å². The van der Waals surface area contributed by atoms with Crippen LogP contribution in [-0.2, 0) is 0 Å². The van der Waals surface area contributed by atoms with Gasteiger partial charge in [0.15, 0.2) is 0 Å². The van der Waals surface area contributed by atoms with Crippen LogP contribution < -0.4 is 4.74 Å². The lowest BCUT2D eigenvalue weighted by Crippen LogP contribution is -2.02. The van der Waals surface area contributed by atoms with Crippen LogP contribution in [0.5, 0.6) is 5.75 Å². The number of methoxy groups -OCH3 is 1. The molecule has 4 aromatic rings. The molecule has 0 saturated heterocycles. The van der Waals surface area contributed by atoms with Crippen LogP contribution in [0.2, 0.25) is 0 Å². The third-order valence-electron chi connectivity index (χ3n) is 4.05. The molecule has 4 rings (SSSR count). The summed E-state index contributed by atoms with van der Waals surface area (Å²) in [5.74, 6) is 0.256. The van der Waals surface area contributed by atoms with E-state index in [-0.39, 0.29) is 23.3 Å². The summed E-state index contributed by atoms with van der Waals surface area (Å²) in [6.45, 7) is 4.07. The van der Waals surface area contributed by atoms with Gasteiger partial charge in [-0.1, -0.05) is 16.4 Å². The normalized spacial score (nSPS) is 11.4. The maximum Gasteiger partial charge on any atom is 0.258 e. The third-order valence-corrected chi connectivity index (χ3v) is 4.05. The van der Waals surface area contributed by atoms with E-state index in [2.05, 4.69) is 20.5 Å². The van der Waals surface area contributed by atoms with Gasteiger partial charge in [0.2, 0.25) is 5.82 Å². The number of rotatable bonds is 4. The number of aromatic nitrogens is 5. The van der Waals surface area contributed by atoms with E-state index in [1.165, 1.54) is 13.2 Å². The molecule has 0 bridgehead atoms. The molecule has 0 atom stereocenters. The largest absolute Gasteiger partial charge is 0.496 e. The molecule has 0 saturated carbocycles. The van der Waals surface area contributed by atoms with Gasteiger partial charge in [0.25, 0.3) is 5.89 Å². The standard InChI is InChI=1S/C18H16FN5O2/c1-10(2)24-14-8-7-11(9-13(14)21-23-24)18-20-17(22-26-18)16-12(19)5-4-6-15(16)25-3/h4-10H,1-3H3. The van der Waals surface area contributed by atoms with E-state index >= 15 is 0 Å². The van der Waals surface area contributed by atoms with E-state index in [1.807, 2.05) is 36.7 Å². The predicted octanol–water partition coefficient (Wildman–Crippen LogP) is 3.88. The van der Waals surface area contributed by atoms with Crippen molar-refractivity contribution in [1.82, 2.24) is 25.1 Å². The average molecular weight is 353 g/mol. The highest BCUT2D eigenvalue weighted by atomic mass is 19.1. The molecule has 0 spiro atoms. The number of benzene rings is 2. The van der Waals surface area contributed by atoms with Crippen molar-refractivity contribution in [3.05, 3.63) is 42.2 Å². The summed E-state index contributed by atoms with van der Waals surface area (Å²) in [4.78, 5) is 4.32. The molecular weight excluding hydrogens is 337 g/mol. The second-order valence-corrected chi connectivity index (χ2v) is 6.07. The van der Waals surface area contributed by atoms with Crippen molar-refractivity contribution in [1.29, 1.82) is 0 Å². The van der Waals surface area contributed by atoms with Crippen molar-refractivity contribution in [2.45, 2.75) is 19.9 Å². The zero-order valence-corrected chi connectivity index (χ0v) is 14.5. The van der Waals surface area contributed by atoms with Gasteiger partial charge in [-0.3, -0.25) is 0 Å². The monoisotopic (exact) mass is 353 g/mol. The maximum atomic E-state index is 14.2.